The van der Waals surface area contributed by atoms with Gasteiger partial charge in [-0.1, -0.05) is 59.7 Å². The van der Waals surface area contributed by atoms with E-state index in [1.54, 1.807) is 49.4 Å². The third kappa shape index (κ3) is 4.96. The Hall–Kier alpha value is -3.96. The Morgan fingerprint density at radius 1 is 0.686 bits per heavy atom. The van der Waals surface area contributed by atoms with E-state index in [4.69, 9.17) is 0 Å². The molecule has 0 fully saturated rings. The van der Waals surface area contributed by atoms with Crippen LogP contribution in [0.3, 0.4) is 0 Å². The zero-order valence-electron chi connectivity index (χ0n) is 18.7. The van der Waals surface area contributed by atoms with Gasteiger partial charge in [-0.05, 0) is 38.1 Å². The van der Waals surface area contributed by atoms with Gasteiger partial charge in [-0.2, -0.15) is 0 Å². The molecular weight excluding hydrogens is 490 g/mol. The van der Waals surface area contributed by atoms with E-state index in [1.807, 2.05) is 6.92 Å². The van der Waals surface area contributed by atoms with E-state index in [0.29, 0.717) is 0 Å². The zero-order valence-corrected chi connectivity index (χ0v) is 20.4. The summed E-state index contributed by atoms with van der Waals surface area (Å²) in [7, 11) is -8.24. The van der Waals surface area contributed by atoms with Crippen LogP contribution in [0, 0.1) is 24.0 Å². The lowest BCUT2D eigenvalue weighted by Crippen LogP contribution is -2.16. The van der Waals surface area contributed by atoms with Crippen molar-refractivity contribution in [1.29, 1.82) is 0 Å². The summed E-state index contributed by atoms with van der Waals surface area (Å²) in [4.78, 5) is 11.1. The van der Waals surface area contributed by atoms with Crippen molar-refractivity contribution in [3.05, 3.63) is 100 Å². The van der Waals surface area contributed by atoms with Crippen LogP contribution in [0.4, 0.5) is 17.1 Å². The Morgan fingerprint density at radius 2 is 1.14 bits per heavy atom. The molecule has 0 bridgehead atoms. The highest BCUT2D eigenvalue weighted by Gasteiger charge is 2.27. The van der Waals surface area contributed by atoms with E-state index in [-0.39, 0.29) is 31.9 Å². The van der Waals surface area contributed by atoms with Crippen molar-refractivity contribution in [2.75, 3.05) is 9.44 Å². The number of aryl methyl sites for hydroxylation is 2. The quantitative estimate of drug-likeness (QED) is 0.266. The Kier molecular flexibility index (Phi) is 6.22. The fourth-order valence-electron chi connectivity index (χ4n) is 3.53. The van der Waals surface area contributed by atoms with Crippen molar-refractivity contribution in [3.8, 4) is 0 Å². The lowest BCUT2D eigenvalue weighted by Gasteiger charge is -2.16. The first-order chi connectivity index (χ1) is 16.5. The molecule has 0 atom stereocenters. The van der Waals surface area contributed by atoms with Gasteiger partial charge in [0.15, 0.2) is 0 Å². The minimum Gasteiger partial charge on any atom is -0.279 e. The molecule has 180 valence electrons. The first kappa shape index (κ1) is 24.2. The molecule has 0 aliphatic heterocycles. The Bertz CT molecular complexity index is 1650. The number of nitrogens with one attached hydrogen (secondary N) is 2. The van der Waals surface area contributed by atoms with Crippen molar-refractivity contribution < 1.29 is 21.8 Å². The van der Waals surface area contributed by atoms with Gasteiger partial charge in [0.05, 0.1) is 20.4 Å². The first-order valence-corrected chi connectivity index (χ1v) is 13.3. The predicted molar refractivity (Wildman–Crippen MR) is 135 cm³/mol. The largest absolute Gasteiger partial charge is 0.296 e. The van der Waals surface area contributed by atoms with Gasteiger partial charge in [-0.15, -0.1) is 0 Å². The molecule has 0 aliphatic carbocycles. The molecule has 0 saturated carbocycles. The summed E-state index contributed by atoms with van der Waals surface area (Å²) in [6, 6.07) is 19.4. The molecule has 9 nitrogen and oxygen atoms in total. The number of fused-ring (bicyclic) bond motifs is 1. The topological polar surface area (TPSA) is 135 Å². The van der Waals surface area contributed by atoms with Crippen molar-refractivity contribution in [1.82, 2.24) is 0 Å². The second kappa shape index (κ2) is 9.01. The molecule has 0 heterocycles. The minimum absolute atomic E-state index is 0.0148. The number of hydrogen-bond donors (Lipinski definition) is 2. The normalized spacial score (nSPS) is 11.8. The molecule has 0 aromatic heterocycles. The van der Waals surface area contributed by atoms with Gasteiger partial charge in [0.25, 0.3) is 25.7 Å². The third-order valence-electron chi connectivity index (χ3n) is 5.36. The molecule has 4 aromatic rings. The number of nitro benzene ring substituents is 1. The molecule has 11 heteroatoms. The molecule has 4 rings (SSSR count). The number of benzene rings is 4. The number of sulfonamides is 2. The van der Waals surface area contributed by atoms with Gasteiger partial charge >= 0.3 is 0 Å². The summed E-state index contributed by atoms with van der Waals surface area (Å²) in [5.74, 6) is 0. The summed E-state index contributed by atoms with van der Waals surface area (Å²) < 4.78 is 56.7. The van der Waals surface area contributed by atoms with Crippen LogP contribution in [-0.4, -0.2) is 21.8 Å². The number of nitro groups is 1. The monoisotopic (exact) mass is 511 g/mol. The number of anilines is 2. The molecule has 4 aromatic carbocycles. The SMILES string of the molecule is Cc1ccc(S(=O)(=O)Nc2cc([N+](=O)[O-])c(NS(=O)(=O)c3ccc(C)cc3)c3ccccc23)cc1. The van der Waals surface area contributed by atoms with Crippen LogP contribution in [0.15, 0.2) is 88.7 Å². The van der Waals surface area contributed by atoms with Gasteiger partial charge in [0.2, 0.25) is 0 Å². The Labute approximate surface area is 202 Å². The summed E-state index contributed by atoms with van der Waals surface area (Å²) in [6.07, 6.45) is 0. The molecule has 35 heavy (non-hydrogen) atoms. The fraction of sp³-hybridized carbons (Fsp3) is 0.0833. The molecule has 0 aliphatic rings. The molecule has 0 radical (unpaired) electrons. The summed E-state index contributed by atoms with van der Waals surface area (Å²) in [5, 5.41) is 12.4. The molecule has 0 spiro atoms. The lowest BCUT2D eigenvalue weighted by molar-refractivity contribution is -0.383. The highest BCUT2D eigenvalue weighted by atomic mass is 32.2. The molecular formula is C24H21N3O6S2. The van der Waals surface area contributed by atoms with Crippen LogP contribution in [0.2, 0.25) is 0 Å². The van der Waals surface area contributed by atoms with E-state index in [9.17, 15) is 26.9 Å². The van der Waals surface area contributed by atoms with E-state index in [0.717, 1.165) is 17.2 Å². The summed E-state index contributed by atoms with van der Waals surface area (Å²) in [6.45, 7) is 3.62. The van der Waals surface area contributed by atoms with E-state index in [1.165, 1.54) is 30.3 Å². The number of hydrogen-bond acceptors (Lipinski definition) is 6. The van der Waals surface area contributed by atoms with E-state index >= 15 is 0 Å². The number of nitrogens with zero attached hydrogens (tertiary/aromatic N) is 1. The second-order valence-electron chi connectivity index (χ2n) is 7.96. The molecule has 0 unspecified atom stereocenters. The highest BCUT2D eigenvalue weighted by Crippen LogP contribution is 2.40. The van der Waals surface area contributed by atoms with Crippen LogP contribution < -0.4 is 9.44 Å². The average Bonchev–Trinajstić information content (AvgIpc) is 2.80. The summed E-state index contributed by atoms with van der Waals surface area (Å²) >= 11 is 0. The maximum atomic E-state index is 13.0. The van der Waals surface area contributed by atoms with Crippen LogP contribution in [0.1, 0.15) is 11.1 Å². The fourth-order valence-corrected chi connectivity index (χ4v) is 5.69. The first-order valence-electron chi connectivity index (χ1n) is 10.4. The molecule has 2 N–H and O–H groups in total. The van der Waals surface area contributed by atoms with Gasteiger partial charge in [-0.25, -0.2) is 16.8 Å². The molecule has 0 saturated heterocycles. The van der Waals surface area contributed by atoms with Gasteiger partial charge in [0.1, 0.15) is 5.69 Å². The van der Waals surface area contributed by atoms with Crippen LogP contribution in [-0.2, 0) is 20.0 Å². The summed E-state index contributed by atoms with van der Waals surface area (Å²) in [5.41, 5.74) is 0.817. The second-order valence-corrected chi connectivity index (χ2v) is 11.3. The maximum absolute atomic E-state index is 13.0. The number of rotatable bonds is 7. The highest BCUT2D eigenvalue weighted by molar-refractivity contribution is 7.93. The van der Waals surface area contributed by atoms with Crippen molar-refractivity contribution in [2.24, 2.45) is 0 Å². The van der Waals surface area contributed by atoms with Crippen molar-refractivity contribution in [2.45, 2.75) is 23.6 Å². The zero-order chi connectivity index (χ0) is 25.4. The smallest absolute Gasteiger partial charge is 0.279 e. The van der Waals surface area contributed by atoms with Crippen LogP contribution in [0.5, 0.6) is 0 Å². The molecule has 0 amide bonds. The Morgan fingerprint density at radius 3 is 1.63 bits per heavy atom. The maximum Gasteiger partial charge on any atom is 0.296 e. The minimum atomic E-state index is -4.17. The Balaban J connectivity index is 1.86. The van der Waals surface area contributed by atoms with E-state index < -0.39 is 30.7 Å². The third-order valence-corrected chi connectivity index (χ3v) is 8.11. The van der Waals surface area contributed by atoms with Crippen molar-refractivity contribution >= 4 is 47.9 Å². The standard InChI is InChI=1S/C24H21N3O6S2/c1-16-7-11-18(12-8-16)34(30,31)25-22-15-23(27(28)29)24(21-6-4-3-5-20(21)22)26-35(32,33)19-13-9-17(2)10-14-19/h3-15,25-26H,1-2H3. The van der Waals surface area contributed by atoms with Gasteiger partial charge in [0, 0.05) is 16.8 Å². The van der Waals surface area contributed by atoms with Gasteiger partial charge in [-0.3, -0.25) is 19.6 Å². The predicted octanol–water partition coefficient (Wildman–Crippen LogP) is 4.97. The van der Waals surface area contributed by atoms with Crippen molar-refractivity contribution in [3.63, 3.8) is 0 Å². The van der Waals surface area contributed by atoms with Gasteiger partial charge < -0.3 is 0 Å². The van der Waals surface area contributed by atoms with Crippen LogP contribution >= 0.6 is 0 Å². The van der Waals surface area contributed by atoms with Crippen LogP contribution in [0.25, 0.3) is 10.8 Å². The lowest BCUT2D eigenvalue weighted by atomic mass is 10.1. The van der Waals surface area contributed by atoms with E-state index in [2.05, 4.69) is 9.44 Å². The average molecular weight is 512 g/mol.